The molecule has 46 heavy (non-hydrogen) atoms. The van der Waals surface area contributed by atoms with Crippen LogP contribution in [-0.4, -0.2) is 14.5 Å². The van der Waals surface area contributed by atoms with Gasteiger partial charge in [0.2, 0.25) is 5.95 Å². The first-order chi connectivity index (χ1) is 22.8. The number of hydrogen-bond donors (Lipinski definition) is 0. The molecule has 0 aliphatic carbocycles. The molecule has 10 aromatic rings. The molecule has 0 aliphatic rings. The second kappa shape index (κ2) is 9.62. The van der Waals surface area contributed by atoms with E-state index >= 15 is 0 Å². The fourth-order valence-corrected chi connectivity index (χ4v) is 7.12. The quantitative estimate of drug-likeness (QED) is 0.207. The third-order valence-corrected chi connectivity index (χ3v) is 9.20. The molecule has 0 amide bonds. The molecule has 4 nitrogen and oxygen atoms in total. The third kappa shape index (κ3) is 3.61. The van der Waals surface area contributed by atoms with Crippen molar-refractivity contribution in [3.8, 4) is 28.3 Å². The van der Waals surface area contributed by atoms with Gasteiger partial charge in [-0.3, -0.25) is 4.57 Å². The van der Waals surface area contributed by atoms with Crippen LogP contribution in [-0.2, 0) is 0 Å². The molecular weight excluding hydrogens is 562 g/mol. The Hall–Kier alpha value is -6.26. The average molecular weight is 588 g/mol. The van der Waals surface area contributed by atoms with Crippen molar-refractivity contribution in [3.05, 3.63) is 152 Å². The maximum atomic E-state index is 6.76. The molecule has 0 saturated carbocycles. The second-order valence-corrected chi connectivity index (χ2v) is 11.8. The standard InChI is InChI=1S/C42H25N3O/c1-3-11-26(12-4-1)28-19-21-30-29(25-28)20-24-37-38(30)33-22-23-36-39(41(33)46-37)32-16-8-10-18-35(32)45(36)42-43-34-17-9-7-15-31(34)40(44-42)27-13-5-2-6-14-27/h1-25H. The highest BCUT2D eigenvalue weighted by atomic mass is 16.3. The number of hydrogen-bond acceptors (Lipinski definition) is 3. The van der Waals surface area contributed by atoms with Gasteiger partial charge in [-0.15, -0.1) is 0 Å². The molecule has 3 heterocycles. The van der Waals surface area contributed by atoms with Gasteiger partial charge >= 0.3 is 0 Å². The van der Waals surface area contributed by atoms with Crippen LogP contribution in [0.4, 0.5) is 0 Å². The van der Waals surface area contributed by atoms with Crippen molar-refractivity contribution in [2.24, 2.45) is 0 Å². The topological polar surface area (TPSA) is 43.9 Å². The number of fused-ring (bicyclic) bond motifs is 10. The summed E-state index contributed by atoms with van der Waals surface area (Å²) in [4.78, 5) is 10.4. The Kier molecular flexibility index (Phi) is 5.25. The van der Waals surface area contributed by atoms with E-state index in [9.17, 15) is 0 Å². The summed E-state index contributed by atoms with van der Waals surface area (Å²) in [6.07, 6.45) is 0. The number of rotatable bonds is 3. The van der Waals surface area contributed by atoms with Crippen LogP contribution in [0.15, 0.2) is 156 Å². The summed E-state index contributed by atoms with van der Waals surface area (Å²) in [5.41, 5.74) is 9.11. The van der Waals surface area contributed by atoms with E-state index in [2.05, 4.69) is 138 Å². The molecule has 0 N–H and O–H groups in total. The molecule has 0 aliphatic heterocycles. The Morgan fingerprint density at radius 1 is 0.457 bits per heavy atom. The van der Waals surface area contributed by atoms with Gasteiger partial charge < -0.3 is 4.42 Å². The Bertz CT molecular complexity index is 2790. The maximum Gasteiger partial charge on any atom is 0.235 e. The molecule has 4 heteroatoms. The minimum absolute atomic E-state index is 0.637. The first kappa shape index (κ1) is 25.1. The summed E-state index contributed by atoms with van der Waals surface area (Å²) in [6, 6.07) is 53.0. The molecule has 0 fully saturated rings. The monoisotopic (exact) mass is 587 g/mol. The van der Waals surface area contributed by atoms with Crippen molar-refractivity contribution >= 4 is 65.4 Å². The summed E-state index contributed by atoms with van der Waals surface area (Å²) in [5.74, 6) is 0.637. The van der Waals surface area contributed by atoms with E-state index in [1.54, 1.807) is 0 Å². The molecule has 214 valence electrons. The second-order valence-electron chi connectivity index (χ2n) is 11.8. The highest BCUT2D eigenvalue weighted by Crippen LogP contribution is 2.43. The van der Waals surface area contributed by atoms with Crippen LogP contribution in [0.25, 0.3) is 93.8 Å². The summed E-state index contributed by atoms with van der Waals surface area (Å²) in [7, 11) is 0. The van der Waals surface area contributed by atoms with Gasteiger partial charge in [0.15, 0.2) is 0 Å². The fraction of sp³-hybridized carbons (Fsp3) is 0. The van der Waals surface area contributed by atoms with Gasteiger partial charge in [-0.25, -0.2) is 9.97 Å². The Morgan fingerprint density at radius 2 is 1.17 bits per heavy atom. The molecule has 0 atom stereocenters. The number of nitrogens with zero attached hydrogens (tertiary/aromatic N) is 3. The number of aromatic nitrogens is 3. The Morgan fingerprint density at radius 3 is 2.02 bits per heavy atom. The SMILES string of the molecule is c1ccc(-c2ccc3c(ccc4oc5c(ccc6c5c5ccccc5n6-c5nc(-c6ccccc6)c6ccccc6n5)c43)c2)cc1. The van der Waals surface area contributed by atoms with Crippen molar-refractivity contribution in [3.63, 3.8) is 0 Å². The zero-order valence-electron chi connectivity index (χ0n) is 24.7. The molecule has 3 aromatic heterocycles. The smallest absolute Gasteiger partial charge is 0.235 e. The molecule has 10 rings (SSSR count). The minimum Gasteiger partial charge on any atom is -0.455 e. The fourth-order valence-electron chi connectivity index (χ4n) is 7.12. The lowest BCUT2D eigenvalue weighted by molar-refractivity contribution is 0.673. The van der Waals surface area contributed by atoms with Crippen LogP contribution < -0.4 is 0 Å². The van der Waals surface area contributed by atoms with Crippen molar-refractivity contribution in [2.45, 2.75) is 0 Å². The van der Waals surface area contributed by atoms with Crippen LogP contribution in [0.2, 0.25) is 0 Å². The molecule has 7 aromatic carbocycles. The summed E-state index contributed by atoms with van der Waals surface area (Å²) >= 11 is 0. The number of para-hydroxylation sites is 2. The van der Waals surface area contributed by atoms with Gasteiger partial charge in [0.05, 0.1) is 27.6 Å². The third-order valence-electron chi connectivity index (χ3n) is 9.20. The Labute approximate surface area is 263 Å². The molecule has 0 saturated heterocycles. The zero-order chi connectivity index (χ0) is 30.2. The van der Waals surface area contributed by atoms with Crippen molar-refractivity contribution in [1.29, 1.82) is 0 Å². The van der Waals surface area contributed by atoms with Crippen LogP contribution in [0.5, 0.6) is 0 Å². The van der Waals surface area contributed by atoms with E-state index < -0.39 is 0 Å². The normalized spacial score (nSPS) is 11.9. The van der Waals surface area contributed by atoms with Gasteiger partial charge in [0.25, 0.3) is 0 Å². The average Bonchev–Trinajstić information content (AvgIpc) is 3.68. The first-order valence-electron chi connectivity index (χ1n) is 15.5. The maximum absolute atomic E-state index is 6.76. The number of benzene rings is 7. The van der Waals surface area contributed by atoms with Gasteiger partial charge in [-0.1, -0.05) is 115 Å². The van der Waals surface area contributed by atoms with E-state index in [4.69, 9.17) is 14.4 Å². The van der Waals surface area contributed by atoms with E-state index in [0.29, 0.717) is 5.95 Å². The molecular formula is C42H25N3O. The van der Waals surface area contributed by atoms with Crippen molar-refractivity contribution in [1.82, 2.24) is 14.5 Å². The highest BCUT2D eigenvalue weighted by Gasteiger charge is 2.21. The predicted octanol–water partition coefficient (Wildman–Crippen LogP) is 11.1. The van der Waals surface area contributed by atoms with Crippen LogP contribution in [0, 0.1) is 0 Å². The van der Waals surface area contributed by atoms with Crippen molar-refractivity contribution < 1.29 is 4.42 Å². The predicted molar refractivity (Wildman–Crippen MR) is 190 cm³/mol. The molecule has 0 radical (unpaired) electrons. The summed E-state index contributed by atoms with van der Waals surface area (Å²) < 4.78 is 8.94. The summed E-state index contributed by atoms with van der Waals surface area (Å²) in [5, 5.41) is 7.82. The van der Waals surface area contributed by atoms with E-state index in [-0.39, 0.29) is 0 Å². The zero-order valence-corrected chi connectivity index (χ0v) is 24.7. The highest BCUT2D eigenvalue weighted by molar-refractivity contribution is 6.27. The van der Waals surface area contributed by atoms with Gasteiger partial charge in [0, 0.05) is 27.1 Å². The van der Waals surface area contributed by atoms with Gasteiger partial charge in [-0.05, 0) is 58.3 Å². The lowest BCUT2D eigenvalue weighted by Gasteiger charge is -2.11. The summed E-state index contributed by atoms with van der Waals surface area (Å²) in [6.45, 7) is 0. The lowest BCUT2D eigenvalue weighted by atomic mass is 9.98. The first-order valence-corrected chi connectivity index (χ1v) is 15.5. The minimum atomic E-state index is 0.637. The van der Waals surface area contributed by atoms with Crippen LogP contribution in [0.3, 0.4) is 0 Å². The molecule has 0 unspecified atom stereocenters. The molecule has 0 spiro atoms. The lowest BCUT2D eigenvalue weighted by Crippen LogP contribution is -2.03. The van der Waals surface area contributed by atoms with Crippen LogP contribution in [0.1, 0.15) is 0 Å². The van der Waals surface area contributed by atoms with E-state index in [1.807, 2.05) is 18.2 Å². The van der Waals surface area contributed by atoms with E-state index in [1.165, 1.54) is 21.9 Å². The van der Waals surface area contributed by atoms with E-state index in [0.717, 1.165) is 65.9 Å². The van der Waals surface area contributed by atoms with Gasteiger partial charge in [0.1, 0.15) is 11.2 Å². The molecule has 0 bridgehead atoms. The largest absolute Gasteiger partial charge is 0.455 e. The van der Waals surface area contributed by atoms with Crippen LogP contribution >= 0.6 is 0 Å². The Balaban J connectivity index is 1.26. The van der Waals surface area contributed by atoms with Gasteiger partial charge in [-0.2, -0.15) is 0 Å². The van der Waals surface area contributed by atoms with Crippen molar-refractivity contribution in [2.75, 3.05) is 0 Å². The number of furan rings is 1.